The van der Waals surface area contributed by atoms with Gasteiger partial charge in [0.1, 0.15) is 16.5 Å². The average Bonchev–Trinajstić information content (AvgIpc) is 2.18. The van der Waals surface area contributed by atoms with E-state index in [0.29, 0.717) is 0 Å². The molecule has 0 aliphatic heterocycles. The third-order valence-electron chi connectivity index (χ3n) is 1.73. The summed E-state index contributed by atoms with van der Waals surface area (Å²) in [5, 5.41) is 17.5. The Bertz CT molecular complexity index is 346. The molecular weight excluding hydrogens is 213 g/mol. The molecule has 0 radical (unpaired) electrons. The summed E-state index contributed by atoms with van der Waals surface area (Å²) in [7, 11) is 1.31. The largest absolute Gasteiger partial charge is 0.507 e. The first kappa shape index (κ1) is 11.0. The Balaban J connectivity index is 3.26. The molecule has 0 amide bonds. The minimum Gasteiger partial charge on any atom is -0.507 e. The van der Waals surface area contributed by atoms with E-state index in [-0.39, 0.29) is 28.6 Å². The van der Waals surface area contributed by atoms with Crippen LogP contribution in [0.3, 0.4) is 0 Å². The molecule has 1 aromatic carbocycles. The number of nitrogens with one attached hydrogen (secondary N) is 1. The molecule has 0 aromatic heterocycles. The first-order valence-electron chi connectivity index (χ1n) is 3.72. The topological polar surface area (TPSA) is 61.7 Å². The molecule has 0 spiro atoms. The van der Waals surface area contributed by atoms with E-state index in [1.165, 1.54) is 13.2 Å². The first-order chi connectivity index (χ1) is 6.61. The normalized spacial score (nSPS) is 10.3. The highest BCUT2D eigenvalue weighted by Crippen LogP contribution is 2.35. The van der Waals surface area contributed by atoms with Gasteiger partial charge in [-0.2, -0.15) is 0 Å². The minimum atomic E-state index is -0.815. The van der Waals surface area contributed by atoms with Crippen LogP contribution in [0.25, 0.3) is 0 Å². The standard InChI is InChI=1S/C8H9ClFNO3/c1-14-6-2-5(12)4(3-11-13)8(10)7(6)9/h2,11-13H,3H2,1H3. The molecule has 14 heavy (non-hydrogen) atoms. The lowest BCUT2D eigenvalue weighted by molar-refractivity contribution is 0.158. The second-order valence-electron chi connectivity index (χ2n) is 2.54. The number of benzene rings is 1. The van der Waals surface area contributed by atoms with Crippen molar-refractivity contribution < 1.29 is 19.4 Å². The summed E-state index contributed by atoms with van der Waals surface area (Å²) in [6.07, 6.45) is 0. The molecule has 3 N–H and O–H groups in total. The van der Waals surface area contributed by atoms with Crippen LogP contribution in [0.15, 0.2) is 6.07 Å². The van der Waals surface area contributed by atoms with Crippen molar-refractivity contribution in [2.75, 3.05) is 7.11 Å². The second-order valence-corrected chi connectivity index (χ2v) is 2.92. The Morgan fingerprint density at radius 3 is 2.79 bits per heavy atom. The van der Waals surface area contributed by atoms with Gasteiger partial charge in [-0.25, -0.2) is 9.87 Å². The monoisotopic (exact) mass is 221 g/mol. The van der Waals surface area contributed by atoms with E-state index in [1.54, 1.807) is 5.48 Å². The Hall–Kier alpha value is -1.04. The van der Waals surface area contributed by atoms with Gasteiger partial charge in [0.25, 0.3) is 0 Å². The lowest BCUT2D eigenvalue weighted by Gasteiger charge is -2.09. The van der Waals surface area contributed by atoms with Gasteiger partial charge in [-0.05, 0) is 0 Å². The lowest BCUT2D eigenvalue weighted by atomic mass is 10.2. The van der Waals surface area contributed by atoms with E-state index in [1.807, 2.05) is 0 Å². The minimum absolute atomic E-state index is 0.0448. The van der Waals surface area contributed by atoms with Crippen LogP contribution >= 0.6 is 11.6 Å². The zero-order valence-corrected chi connectivity index (χ0v) is 8.10. The maximum Gasteiger partial charge on any atom is 0.153 e. The fourth-order valence-electron chi connectivity index (χ4n) is 1.02. The van der Waals surface area contributed by atoms with Gasteiger partial charge in [0.2, 0.25) is 0 Å². The Labute approximate surface area is 84.8 Å². The summed E-state index contributed by atoms with van der Waals surface area (Å²) in [4.78, 5) is 0. The number of phenols is 1. The number of rotatable bonds is 3. The molecule has 1 rings (SSSR count). The van der Waals surface area contributed by atoms with Crippen molar-refractivity contribution in [1.29, 1.82) is 0 Å². The number of hydroxylamine groups is 1. The molecule has 0 fully saturated rings. The summed E-state index contributed by atoms with van der Waals surface area (Å²) >= 11 is 5.59. The molecule has 0 saturated carbocycles. The van der Waals surface area contributed by atoms with Crippen LogP contribution in [0.2, 0.25) is 5.02 Å². The fraction of sp³-hybridized carbons (Fsp3) is 0.250. The van der Waals surface area contributed by atoms with Gasteiger partial charge in [-0.1, -0.05) is 11.6 Å². The predicted octanol–water partition coefficient (Wildman–Crippen LogP) is 1.67. The number of ether oxygens (including phenoxy) is 1. The highest BCUT2D eigenvalue weighted by Gasteiger charge is 2.16. The Morgan fingerprint density at radius 1 is 1.64 bits per heavy atom. The predicted molar refractivity (Wildman–Crippen MR) is 48.3 cm³/mol. The third kappa shape index (κ3) is 1.89. The third-order valence-corrected chi connectivity index (χ3v) is 2.08. The van der Waals surface area contributed by atoms with E-state index < -0.39 is 5.82 Å². The molecule has 0 atom stereocenters. The molecule has 78 valence electrons. The highest BCUT2D eigenvalue weighted by atomic mass is 35.5. The van der Waals surface area contributed by atoms with E-state index in [9.17, 15) is 9.50 Å². The number of hydrogen-bond acceptors (Lipinski definition) is 4. The summed E-state index contributed by atoms with van der Waals surface area (Å²) < 4.78 is 18.1. The van der Waals surface area contributed by atoms with Gasteiger partial charge in [-0.3, -0.25) is 0 Å². The van der Waals surface area contributed by atoms with E-state index in [4.69, 9.17) is 21.5 Å². The van der Waals surface area contributed by atoms with Crippen LogP contribution in [0.5, 0.6) is 11.5 Å². The number of aromatic hydroxyl groups is 1. The van der Waals surface area contributed by atoms with Gasteiger partial charge in [0, 0.05) is 11.6 Å². The Kier molecular flexibility index (Phi) is 3.51. The molecule has 0 aliphatic rings. The Morgan fingerprint density at radius 2 is 2.29 bits per heavy atom. The number of methoxy groups -OCH3 is 1. The zero-order chi connectivity index (χ0) is 10.7. The van der Waals surface area contributed by atoms with Gasteiger partial charge in [-0.15, -0.1) is 0 Å². The molecule has 6 heteroatoms. The van der Waals surface area contributed by atoms with Crippen molar-refractivity contribution in [2.45, 2.75) is 6.54 Å². The van der Waals surface area contributed by atoms with Crippen molar-refractivity contribution in [1.82, 2.24) is 5.48 Å². The zero-order valence-electron chi connectivity index (χ0n) is 7.34. The smallest absolute Gasteiger partial charge is 0.153 e. The molecule has 1 aromatic rings. The van der Waals surface area contributed by atoms with E-state index >= 15 is 0 Å². The molecule has 0 aliphatic carbocycles. The van der Waals surface area contributed by atoms with Gasteiger partial charge < -0.3 is 15.1 Å². The molecule has 0 bridgehead atoms. The maximum atomic E-state index is 13.4. The summed E-state index contributed by atoms with van der Waals surface area (Å²) in [6.45, 7) is -0.235. The highest BCUT2D eigenvalue weighted by molar-refractivity contribution is 6.32. The molecule has 0 saturated heterocycles. The van der Waals surface area contributed by atoms with Crippen molar-refractivity contribution >= 4 is 11.6 Å². The van der Waals surface area contributed by atoms with Crippen LogP contribution in [0.4, 0.5) is 4.39 Å². The van der Waals surface area contributed by atoms with Crippen molar-refractivity contribution in [2.24, 2.45) is 0 Å². The van der Waals surface area contributed by atoms with Crippen molar-refractivity contribution in [3.05, 3.63) is 22.5 Å². The van der Waals surface area contributed by atoms with Gasteiger partial charge in [0.05, 0.1) is 13.7 Å². The lowest BCUT2D eigenvalue weighted by Crippen LogP contribution is -2.08. The van der Waals surface area contributed by atoms with Crippen molar-refractivity contribution in [3.63, 3.8) is 0 Å². The van der Waals surface area contributed by atoms with E-state index in [0.717, 1.165) is 0 Å². The maximum absolute atomic E-state index is 13.4. The van der Waals surface area contributed by atoms with Gasteiger partial charge >= 0.3 is 0 Å². The number of hydrogen-bond donors (Lipinski definition) is 3. The van der Waals surface area contributed by atoms with Crippen LogP contribution in [0.1, 0.15) is 5.56 Å². The molecule has 0 unspecified atom stereocenters. The average molecular weight is 222 g/mol. The quantitative estimate of drug-likeness (QED) is 0.680. The number of halogens is 2. The van der Waals surface area contributed by atoms with Gasteiger partial charge in [0.15, 0.2) is 5.82 Å². The first-order valence-corrected chi connectivity index (χ1v) is 4.10. The summed E-state index contributed by atoms with van der Waals surface area (Å²) in [6, 6.07) is 1.18. The molecule has 4 nitrogen and oxygen atoms in total. The van der Waals surface area contributed by atoms with Crippen LogP contribution in [-0.2, 0) is 6.54 Å². The molecule has 0 heterocycles. The van der Waals surface area contributed by atoms with E-state index in [2.05, 4.69) is 0 Å². The summed E-state index contributed by atoms with van der Waals surface area (Å²) in [5.74, 6) is -1.10. The van der Waals surface area contributed by atoms with Crippen molar-refractivity contribution in [3.8, 4) is 11.5 Å². The van der Waals surface area contributed by atoms with Crippen LogP contribution in [0, 0.1) is 5.82 Å². The van der Waals surface area contributed by atoms with Crippen LogP contribution < -0.4 is 10.2 Å². The number of phenolic OH excluding ortho intramolecular Hbond substituents is 1. The second kappa shape index (κ2) is 4.45. The van der Waals surface area contributed by atoms with Crippen LogP contribution in [-0.4, -0.2) is 17.4 Å². The molecular formula is C8H9ClFNO3. The SMILES string of the molecule is COc1cc(O)c(CNO)c(F)c1Cl. The fourth-order valence-corrected chi connectivity index (χ4v) is 1.27. The summed E-state index contributed by atoms with van der Waals surface area (Å²) in [5.41, 5.74) is 1.62.